The molecule has 0 radical (unpaired) electrons. The number of carbonyl (C=O) groups excluding carboxylic acids is 1. The van der Waals surface area contributed by atoms with Crippen molar-refractivity contribution in [3.05, 3.63) is 35.4 Å². The van der Waals surface area contributed by atoms with Gasteiger partial charge in [0, 0.05) is 12.0 Å². The maximum Gasteiger partial charge on any atom is 0.162 e. The van der Waals surface area contributed by atoms with Gasteiger partial charge in [-0.15, -0.1) is 0 Å². The van der Waals surface area contributed by atoms with Crippen molar-refractivity contribution in [1.82, 2.24) is 0 Å². The van der Waals surface area contributed by atoms with Crippen molar-refractivity contribution in [2.45, 2.75) is 33.1 Å². The van der Waals surface area contributed by atoms with Crippen LogP contribution < -0.4 is 0 Å². The summed E-state index contributed by atoms with van der Waals surface area (Å²) < 4.78 is 25.5. The van der Waals surface area contributed by atoms with Gasteiger partial charge in [-0.1, -0.05) is 20.3 Å². The van der Waals surface area contributed by atoms with Gasteiger partial charge in [-0.25, -0.2) is 8.78 Å². The van der Waals surface area contributed by atoms with Crippen LogP contribution in [0.15, 0.2) is 18.2 Å². The van der Waals surface area contributed by atoms with Gasteiger partial charge in [0.15, 0.2) is 17.4 Å². The van der Waals surface area contributed by atoms with E-state index in [1.807, 2.05) is 0 Å². The summed E-state index contributed by atoms with van der Waals surface area (Å²) in [6, 6.07) is 3.29. The van der Waals surface area contributed by atoms with Crippen LogP contribution in [0.25, 0.3) is 0 Å². The number of Topliss-reactive ketones (excluding diaryl/α,β-unsaturated/α-hetero) is 1. The Labute approximate surface area is 94.5 Å². The molecule has 1 aromatic carbocycles. The average Bonchev–Trinajstić information content (AvgIpc) is 2.21. The topological polar surface area (TPSA) is 17.1 Å². The van der Waals surface area contributed by atoms with E-state index in [1.54, 1.807) is 0 Å². The largest absolute Gasteiger partial charge is 0.294 e. The van der Waals surface area contributed by atoms with Crippen LogP contribution in [0.4, 0.5) is 8.78 Å². The molecule has 0 heterocycles. The number of ketones is 1. The van der Waals surface area contributed by atoms with Crippen molar-refractivity contribution >= 4 is 5.78 Å². The number of hydrogen-bond acceptors (Lipinski definition) is 1. The summed E-state index contributed by atoms with van der Waals surface area (Å²) in [5.41, 5.74) is 0.252. The Morgan fingerprint density at radius 2 is 1.94 bits per heavy atom. The summed E-state index contributed by atoms with van der Waals surface area (Å²) in [4.78, 5) is 11.6. The van der Waals surface area contributed by atoms with Crippen LogP contribution in [0.5, 0.6) is 0 Å². The molecule has 3 heteroatoms. The minimum absolute atomic E-state index is 0.125. The number of halogens is 2. The Morgan fingerprint density at radius 1 is 1.25 bits per heavy atom. The second-order valence-electron chi connectivity index (χ2n) is 4.34. The first-order valence-electron chi connectivity index (χ1n) is 5.49. The molecular formula is C13H16F2O. The van der Waals surface area contributed by atoms with Gasteiger partial charge in [0.05, 0.1) is 0 Å². The van der Waals surface area contributed by atoms with Crippen LogP contribution in [-0.2, 0) is 0 Å². The molecule has 0 amide bonds. The highest BCUT2D eigenvalue weighted by molar-refractivity contribution is 5.95. The molecule has 1 nitrogen and oxygen atoms in total. The van der Waals surface area contributed by atoms with Crippen LogP contribution in [0.1, 0.15) is 43.5 Å². The van der Waals surface area contributed by atoms with Crippen molar-refractivity contribution < 1.29 is 13.6 Å². The highest BCUT2D eigenvalue weighted by Crippen LogP contribution is 2.13. The summed E-state index contributed by atoms with van der Waals surface area (Å²) in [6.45, 7) is 4.17. The summed E-state index contributed by atoms with van der Waals surface area (Å²) in [5, 5.41) is 0. The van der Waals surface area contributed by atoms with Gasteiger partial charge in [0.2, 0.25) is 0 Å². The van der Waals surface area contributed by atoms with Gasteiger partial charge >= 0.3 is 0 Å². The second-order valence-corrected chi connectivity index (χ2v) is 4.34. The van der Waals surface area contributed by atoms with Gasteiger partial charge in [0.25, 0.3) is 0 Å². The van der Waals surface area contributed by atoms with E-state index < -0.39 is 11.6 Å². The molecule has 0 unspecified atom stereocenters. The molecule has 16 heavy (non-hydrogen) atoms. The molecule has 0 aliphatic heterocycles. The van der Waals surface area contributed by atoms with Crippen LogP contribution in [-0.4, -0.2) is 5.78 Å². The maximum absolute atomic E-state index is 12.9. The Bertz CT molecular complexity index is 372. The lowest BCUT2D eigenvalue weighted by molar-refractivity contribution is 0.0977. The molecule has 0 atom stereocenters. The van der Waals surface area contributed by atoms with Crippen LogP contribution in [0, 0.1) is 17.6 Å². The molecule has 0 saturated carbocycles. The van der Waals surface area contributed by atoms with Gasteiger partial charge in [0.1, 0.15) is 0 Å². The fourth-order valence-electron chi connectivity index (χ4n) is 1.48. The highest BCUT2D eigenvalue weighted by atomic mass is 19.2. The number of benzene rings is 1. The van der Waals surface area contributed by atoms with E-state index in [9.17, 15) is 13.6 Å². The zero-order valence-electron chi connectivity index (χ0n) is 9.59. The first-order chi connectivity index (χ1) is 7.50. The SMILES string of the molecule is CC(C)CCCC(=O)c1ccc(F)c(F)c1. The molecule has 0 fully saturated rings. The van der Waals surface area contributed by atoms with Crippen molar-refractivity contribution in [2.24, 2.45) is 5.92 Å². The fraction of sp³-hybridized carbons (Fsp3) is 0.462. The summed E-state index contributed by atoms with van der Waals surface area (Å²) >= 11 is 0. The lowest BCUT2D eigenvalue weighted by atomic mass is 10.0. The van der Waals surface area contributed by atoms with Crippen molar-refractivity contribution in [3.63, 3.8) is 0 Å². The van der Waals surface area contributed by atoms with E-state index in [-0.39, 0.29) is 11.3 Å². The molecule has 0 bridgehead atoms. The summed E-state index contributed by atoms with van der Waals surface area (Å²) in [5.74, 6) is -1.45. The third-order valence-corrected chi connectivity index (χ3v) is 2.43. The average molecular weight is 226 g/mol. The molecule has 0 aliphatic carbocycles. The fourth-order valence-corrected chi connectivity index (χ4v) is 1.48. The van der Waals surface area contributed by atoms with E-state index in [0.717, 1.165) is 25.0 Å². The second kappa shape index (κ2) is 5.73. The molecular weight excluding hydrogens is 210 g/mol. The Morgan fingerprint density at radius 3 is 2.50 bits per heavy atom. The standard InChI is InChI=1S/C13H16F2O/c1-9(2)4-3-5-13(16)10-6-7-11(14)12(15)8-10/h6-9H,3-5H2,1-2H3. The van der Waals surface area contributed by atoms with E-state index in [2.05, 4.69) is 13.8 Å². The number of carbonyl (C=O) groups is 1. The minimum atomic E-state index is -0.963. The Kier molecular flexibility index (Phi) is 4.59. The number of rotatable bonds is 5. The molecule has 1 rings (SSSR count). The zero-order chi connectivity index (χ0) is 12.1. The van der Waals surface area contributed by atoms with Crippen molar-refractivity contribution in [3.8, 4) is 0 Å². The quantitative estimate of drug-likeness (QED) is 0.694. The molecule has 1 aromatic rings. The zero-order valence-corrected chi connectivity index (χ0v) is 9.59. The highest BCUT2D eigenvalue weighted by Gasteiger charge is 2.09. The predicted molar refractivity (Wildman–Crippen MR) is 59.4 cm³/mol. The van der Waals surface area contributed by atoms with Crippen molar-refractivity contribution in [1.29, 1.82) is 0 Å². The maximum atomic E-state index is 12.9. The lowest BCUT2D eigenvalue weighted by Gasteiger charge is -2.04. The number of hydrogen-bond donors (Lipinski definition) is 0. The molecule has 0 N–H and O–H groups in total. The molecule has 0 saturated heterocycles. The Hall–Kier alpha value is -1.25. The van der Waals surface area contributed by atoms with E-state index in [1.165, 1.54) is 6.07 Å². The third kappa shape index (κ3) is 3.72. The van der Waals surface area contributed by atoms with E-state index in [4.69, 9.17) is 0 Å². The van der Waals surface area contributed by atoms with Crippen LogP contribution in [0.2, 0.25) is 0 Å². The Balaban J connectivity index is 2.56. The van der Waals surface area contributed by atoms with Gasteiger partial charge in [-0.05, 0) is 30.5 Å². The van der Waals surface area contributed by atoms with E-state index >= 15 is 0 Å². The first kappa shape index (κ1) is 12.8. The first-order valence-corrected chi connectivity index (χ1v) is 5.49. The normalized spacial score (nSPS) is 10.8. The van der Waals surface area contributed by atoms with E-state index in [0.29, 0.717) is 12.3 Å². The smallest absolute Gasteiger partial charge is 0.162 e. The van der Waals surface area contributed by atoms with Crippen LogP contribution >= 0.6 is 0 Å². The third-order valence-electron chi connectivity index (χ3n) is 2.43. The summed E-state index contributed by atoms with van der Waals surface area (Å²) in [6.07, 6.45) is 2.15. The van der Waals surface area contributed by atoms with Gasteiger partial charge < -0.3 is 0 Å². The van der Waals surface area contributed by atoms with Crippen LogP contribution in [0.3, 0.4) is 0 Å². The molecule has 0 aromatic heterocycles. The molecule has 0 spiro atoms. The monoisotopic (exact) mass is 226 g/mol. The molecule has 0 aliphatic rings. The van der Waals surface area contributed by atoms with Gasteiger partial charge in [-0.3, -0.25) is 4.79 Å². The lowest BCUT2D eigenvalue weighted by Crippen LogP contribution is -2.01. The van der Waals surface area contributed by atoms with Crippen molar-refractivity contribution in [2.75, 3.05) is 0 Å². The molecule has 88 valence electrons. The predicted octanol–water partition coefficient (Wildman–Crippen LogP) is 3.97. The van der Waals surface area contributed by atoms with Gasteiger partial charge in [-0.2, -0.15) is 0 Å². The summed E-state index contributed by atoms with van der Waals surface area (Å²) in [7, 11) is 0. The minimum Gasteiger partial charge on any atom is -0.294 e.